The smallest absolute Gasteiger partial charge is 0.228 e. The summed E-state index contributed by atoms with van der Waals surface area (Å²) in [6, 6.07) is 17.2. The standard InChI is InChI=1S/C21H20N4O2/c26-20(13-16-14-22-25(15-16)17-7-2-1-3-8-17)23-18-9-4-5-10-19(18)24-12-6-11-21(24)27/h1-5,7-10,14-15H,6,11-13H2,(H,23,26). The van der Waals surface area contributed by atoms with E-state index >= 15 is 0 Å². The number of anilines is 2. The Kier molecular flexibility index (Phi) is 4.70. The van der Waals surface area contributed by atoms with Gasteiger partial charge in [-0.3, -0.25) is 9.59 Å². The van der Waals surface area contributed by atoms with Gasteiger partial charge in [-0.05, 0) is 36.2 Å². The molecule has 0 atom stereocenters. The summed E-state index contributed by atoms with van der Waals surface area (Å²) in [5.74, 6) is -0.0393. The van der Waals surface area contributed by atoms with Crippen LogP contribution in [0.15, 0.2) is 67.0 Å². The first-order valence-corrected chi connectivity index (χ1v) is 8.99. The zero-order chi connectivity index (χ0) is 18.6. The van der Waals surface area contributed by atoms with E-state index in [-0.39, 0.29) is 18.2 Å². The monoisotopic (exact) mass is 360 g/mol. The predicted molar refractivity (Wildman–Crippen MR) is 104 cm³/mol. The molecule has 0 bridgehead atoms. The Morgan fingerprint density at radius 1 is 1.07 bits per heavy atom. The summed E-state index contributed by atoms with van der Waals surface area (Å²) in [4.78, 5) is 26.3. The normalized spacial score (nSPS) is 13.8. The molecule has 2 aromatic carbocycles. The number of amides is 2. The number of benzene rings is 2. The number of nitrogens with one attached hydrogen (secondary N) is 1. The number of rotatable bonds is 5. The highest BCUT2D eigenvalue weighted by molar-refractivity contribution is 6.02. The lowest BCUT2D eigenvalue weighted by molar-refractivity contribution is -0.117. The highest BCUT2D eigenvalue weighted by Crippen LogP contribution is 2.29. The number of hydrogen-bond donors (Lipinski definition) is 1. The molecule has 0 aliphatic carbocycles. The van der Waals surface area contributed by atoms with Gasteiger partial charge in [0, 0.05) is 19.2 Å². The molecule has 2 heterocycles. The van der Waals surface area contributed by atoms with E-state index in [4.69, 9.17) is 0 Å². The maximum atomic E-state index is 12.5. The minimum atomic E-state index is -0.137. The first-order valence-electron chi connectivity index (χ1n) is 8.99. The van der Waals surface area contributed by atoms with Crippen LogP contribution in [0.2, 0.25) is 0 Å². The fourth-order valence-electron chi connectivity index (χ4n) is 3.27. The molecule has 1 aromatic heterocycles. The molecular formula is C21H20N4O2. The molecule has 3 aromatic rings. The Morgan fingerprint density at radius 3 is 2.63 bits per heavy atom. The van der Waals surface area contributed by atoms with E-state index in [9.17, 15) is 9.59 Å². The summed E-state index contributed by atoms with van der Waals surface area (Å²) in [5, 5.41) is 7.26. The highest BCUT2D eigenvalue weighted by atomic mass is 16.2. The van der Waals surface area contributed by atoms with Crippen LogP contribution in [0.25, 0.3) is 5.69 Å². The molecule has 1 saturated heterocycles. The van der Waals surface area contributed by atoms with Crippen molar-refractivity contribution < 1.29 is 9.59 Å². The average Bonchev–Trinajstić information content (AvgIpc) is 3.32. The van der Waals surface area contributed by atoms with Gasteiger partial charge in [0.15, 0.2) is 0 Å². The third-order valence-electron chi connectivity index (χ3n) is 4.56. The molecule has 6 nitrogen and oxygen atoms in total. The third-order valence-corrected chi connectivity index (χ3v) is 4.56. The Labute approximate surface area is 157 Å². The fraction of sp³-hybridized carbons (Fsp3) is 0.190. The van der Waals surface area contributed by atoms with Crippen molar-refractivity contribution in [1.29, 1.82) is 0 Å². The summed E-state index contributed by atoms with van der Waals surface area (Å²) in [5.41, 5.74) is 3.19. The summed E-state index contributed by atoms with van der Waals surface area (Å²) in [6.45, 7) is 0.690. The average molecular weight is 360 g/mol. The number of hydrogen-bond acceptors (Lipinski definition) is 3. The highest BCUT2D eigenvalue weighted by Gasteiger charge is 2.24. The van der Waals surface area contributed by atoms with Crippen LogP contribution < -0.4 is 10.2 Å². The summed E-state index contributed by atoms with van der Waals surface area (Å²) in [6.07, 6.45) is 5.17. The number of carbonyl (C=O) groups is 2. The predicted octanol–water partition coefficient (Wildman–Crippen LogP) is 3.18. The number of para-hydroxylation sites is 3. The van der Waals surface area contributed by atoms with E-state index in [1.807, 2.05) is 60.8 Å². The lowest BCUT2D eigenvalue weighted by Gasteiger charge is -2.19. The summed E-state index contributed by atoms with van der Waals surface area (Å²) in [7, 11) is 0. The van der Waals surface area contributed by atoms with E-state index in [0.29, 0.717) is 18.7 Å². The second kappa shape index (κ2) is 7.45. The van der Waals surface area contributed by atoms with Gasteiger partial charge in [0.25, 0.3) is 0 Å². The molecule has 0 unspecified atom stereocenters. The SMILES string of the molecule is O=C(Cc1cnn(-c2ccccc2)c1)Nc1ccccc1N1CCCC1=O. The first kappa shape index (κ1) is 17.0. The molecule has 1 aliphatic heterocycles. The van der Waals surface area contributed by atoms with Crippen LogP contribution in [-0.2, 0) is 16.0 Å². The Morgan fingerprint density at radius 2 is 1.85 bits per heavy atom. The van der Waals surface area contributed by atoms with Crippen molar-refractivity contribution in [3.8, 4) is 5.69 Å². The summed E-state index contributed by atoms with van der Waals surface area (Å²) >= 11 is 0. The molecule has 136 valence electrons. The van der Waals surface area contributed by atoms with E-state index in [1.54, 1.807) is 15.8 Å². The van der Waals surface area contributed by atoms with Crippen LogP contribution in [0.4, 0.5) is 11.4 Å². The molecular weight excluding hydrogens is 340 g/mol. The lowest BCUT2D eigenvalue weighted by Crippen LogP contribution is -2.25. The number of nitrogens with zero attached hydrogens (tertiary/aromatic N) is 3. The molecule has 1 N–H and O–H groups in total. The van der Waals surface area contributed by atoms with Gasteiger partial charge in [-0.15, -0.1) is 0 Å². The summed E-state index contributed by atoms with van der Waals surface area (Å²) < 4.78 is 1.75. The topological polar surface area (TPSA) is 67.2 Å². The minimum absolute atomic E-state index is 0.0980. The Balaban J connectivity index is 1.46. The number of aromatic nitrogens is 2. The maximum Gasteiger partial charge on any atom is 0.228 e. The Hall–Kier alpha value is -3.41. The molecule has 2 amide bonds. The fourth-order valence-corrected chi connectivity index (χ4v) is 3.27. The minimum Gasteiger partial charge on any atom is -0.324 e. The van der Waals surface area contributed by atoms with Crippen molar-refractivity contribution in [2.75, 3.05) is 16.8 Å². The molecule has 27 heavy (non-hydrogen) atoms. The second-order valence-corrected chi connectivity index (χ2v) is 6.52. The van der Waals surface area contributed by atoms with Crippen molar-refractivity contribution in [3.63, 3.8) is 0 Å². The molecule has 1 aliphatic rings. The van der Waals surface area contributed by atoms with E-state index in [1.165, 1.54) is 0 Å². The van der Waals surface area contributed by atoms with Crippen LogP contribution in [0.3, 0.4) is 0 Å². The van der Waals surface area contributed by atoms with Gasteiger partial charge in [0.05, 0.1) is 29.7 Å². The van der Waals surface area contributed by atoms with Crippen LogP contribution in [0.1, 0.15) is 18.4 Å². The van der Waals surface area contributed by atoms with Crippen molar-refractivity contribution in [3.05, 3.63) is 72.6 Å². The first-order chi connectivity index (χ1) is 13.2. The van der Waals surface area contributed by atoms with Gasteiger partial charge in [-0.1, -0.05) is 30.3 Å². The lowest BCUT2D eigenvalue weighted by atomic mass is 10.2. The maximum absolute atomic E-state index is 12.5. The largest absolute Gasteiger partial charge is 0.324 e. The van der Waals surface area contributed by atoms with Gasteiger partial charge in [-0.25, -0.2) is 4.68 Å². The quantitative estimate of drug-likeness (QED) is 0.760. The molecule has 0 spiro atoms. The van der Waals surface area contributed by atoms with Crippen LogP contribution in [-0.4, -0.2) is 28.1 Å². The van der Waals surface area contributed by atoms with E-state index in [2.05, 4.69) is 10.4 Å². The molecule has 0 saturated carbocycles. The van der Waals surface area contributed by atoms with Crippen molar-refractivity contribution in [1.82, 2.24) is 9.78 Å². The van der Waals surface area contributed by atoms with Gasteiger partial charge < -0.3 is 10.2 Å². The third kappa shape index (κ3) is 3.74. The van der Waals surface area contributed by atoms with Crippen molar-refractivity contribution in [2.45, 2.75) is 19.3 Å². The second-order valence-electron chi connectivity index (χ2n) is 6.52. The number of carbonyl (C=O) groups excluding carboxylic acids is 2. The van der Waals surface area contributed by atoms with E-state index < -0.39 is 0 Å². The van der Waals surface area contributed by atoms with Crippen LogP contribution in [0, 0.1) is 0 Å². The molecule has 4 rings (SSSR count). The van der Waals surface area contributed by atoms with Gasteiger partial charge in [0.2, 0.25) is 11.8 Å². The molecule has 6 heteroatoms. The Bertz CT molecular complexity index is 965. The molecule has 1 fully saturated rings. The van der Waals surface area contributed by atoms with Crippen LogP contribution in [0.5, 0.6) is 0 Å². The van der Waals surface area contributed by atoms with Crippen LogP contribution >= 0.6 is 0 Å². The van der Waals surface area contributed by atoms with Crippen molar-refractivity contribution in [2.24, 2.45) is 0 Å². The van der Waals surface area contributed by atoms with Gasteiger partial charge in [-0.2, -0.15) is 5.10 Å². The zero-order valence-electron chi connectivity index (χ0n) is 14.8. The van der Waals surface area contributed by atoms with Gasteiger partial charge >= 0.3 is 0 Å². The van der Waals surface area contributed by atoms with Gasteiger partial charge in [0.1, 0.15) is 0 Å². The van der Waals surface area contributed by atoms with E-state index in [0.717, 1.165) is 23.4 Å². The molecule has 0 radical (unpaired) electrons. The van der Waals surface area contributed by atoms with Crippen molar-refractivity contribution >= 4 is 23.2 Å². The zero-order valence-corrected chi connectivity index (χ0v) is 14.8.